The first-order valence-electron chi connectivity index (χ1n) is 6.92. The second kappa shape index (κ2) is 3.81. The molecule has 1 heterocycles. The van der Waals surface area contributed by atoms with E-state index in [4.69, 9.17) is 0 Å². The summed E-state index contributed by atoms with van der Waals surface area (Å²) in [5, 5.41) is 0. The van der Waals surface area contributed by atoms with Gasteiger partial charge in [0.15, 0.2) is 0 Å². The fourth-order valence-electron chi connectivity index (χ4n) is 4.01. The van der Waals surface area contributed by atoms with Gasteiger partial charge in [-0.05, 0) is 55.2 Å². The third-order valence-electron chi connectivity index (χ3n) is 4.83. The maximum absolute atomic E-state index is 13.1. The largest absolute Gasteiger partial charge is 0.342 e. The van der Waals surface area contributed by atoms with Gasteiger partial charge in [0.1, 0.15) is 11.6 Å². The fourth-order valence-corrected chi connectivity index (χ4v) is 4.01. The van der Waals surface area contributed by atoms with Gasteiger partial charge in [0.25, 0.3) is 0 Å². The molecule has 3 heteroatoms. The summed E-state index contributed by atoms with van der Waals surface area (Å²) in [4.78, 5) is 7.85. The van der Waals surface area contributed by atoms with Crippen molar-refractivity contribution < 1.29 is 4.39 Å². The Morgan fingerprint density at radius 2 is 2.22 bits per heavy atom. The van der Waals surface area contributed by atoms with Gasteiger partial charge in [0.05, 0.1) is 11.0 Å². The molecule has 0 radical (unpaired) electrons. The maximum atomic E-state index is 13.1. The van der Waals surface area contributed by atoms with Crippen molar-refractivity contribution in [2.75, 3.05) is 0 Å². The molecule has 0 spiro atoms. The summed E-state index contributed by atoms with van der Waals surface area (Å²) in [7, 11) is 0. The molecule has 2 aliphatic carbocycles. The van der Waals surface area contributed by atoms with Crippen LogP contribution in [0, 0.1) is 23.6 Å². The minimum atomic E-state index is -0.197. The molecular formula is C15H17FN2. The van der Waals surface area contributed by atoms with Crippen LogP contribution in [-0.2, 0) is 6.42 Å². The minimum Gasteiger partial charge on any atom is -0.342 e. The second-order valence-electron chi connectivity index (χ2n) is 5.98. The summed E-state index contributed by atoms with van der Waals surface area (Å²) in [6, 6.07) is 4.77. The maximum Gasteiger partial charge on any atom is 0.125 e. The van der Waals surface area contributed by atoms with E-state index in [2.05, 4.69) is 9.97 Å². The van der Waals surface area contributed by atoms with Crippen molar-refractivity contribution in [3.05, 3.63) is 29.8 Å². The Kier molecular flexibility index (Phi) is 2.23. The van der Waals surface area contributed by atoms with Crippen LogP contribution in [0.5, 0.6) is 0 Å². The summed E-state index contributed by atoms with van der Waals surface area (Å²) in [6.45, 7) is 0. The topological polar surface area (TPSA) is 28.7 Å². The van der Waals surface area contributed by atoms with Gasteiger partial charge < -0.3 is 4.98 Å². The number of H-pyrrole nitrogens is 1. The predicted octanol–water partition coefficient (Wildman–Crippen LogP) is 3.68. The molecule has 4 rings (SSSR count). The first-order chi connectivity index (χ1) is 8.78. The highest BCUT2D eigenvalue weighted by molar-refractivity contribution is 5.74. The third-order valence-corrected chi connectivity index (χ3v) is 4.83. The molecule has 2 nitrogen and oxygen atoms in total. The van der Waals surface area contributed by atoms with Crippen LogP contribution in [0.4, 0.5) is 4.39 Å². The van der Waals surface area contributed by atoms with E-state index in [1.807, 2.05) is 0 Å². The Morgan fingerprint density at radius 1 is 1.28 bits per heavy atom. The number of hydrogen-bond acceptors (Lipinski definition) is 1. The van der Waals surface area contributed by atoms with Gasteiger partial charge in [-0.25, -0.2) is 9.37 Å². The van der Waals surface area contributed by atoms with Crippen LogP contribution in [0.3, 0.4) is 0 Å². The monoisotopic (exact) mass is 244 g/mol. The standard InChI is InChI=1S/C15H17FN2/c16-12-3-4-13-14(8-12)18-15(17-13)7-11-6-9-1-2-10(11)5-9/h3-4,8-11H,1-2,5-7H2,(H,17,18). The average Bonchev–Trinajstić information content (AvgIpc) is 3.02. The molecule has 2 bridgehead atoms. The van der Waals surface area contributed by atoms with Gasteiger partial charge in [-0.3, -0.25) is 0 Å². The number of benzene rings is 1. The normalized spacial score (nSPS) is 30.4. The average molecular weight is 244 g/mol. The van der Waals surface area contributed by atoms with E-state index in [1.54, 1.807) is 6.07 Å². The van der Waals surface area contributed by atoms with E-state index >= 15 is 0 Å². The molecule has 0 aliphatic heterocycles. The summed E-state index contributed by atoms with van der Waals surface area (Å²) in [5.41, 5.74) is 1.71. The highest BCUT2D eigenvalue weighted by Gasteiger charge is 2.39. The fraction of sp³-hybridized carbons (Fsp3) is 0.533. The lowest BCUT2D eigenvalue weighted by Crippen LogP contribution is -2.13. The molecule has 1 aromatic heterocycles. The molecule has 3 atom stereocenters. The van der Waals surface area contributed by atoms with Gasteiger partial charge >= 0.3 is 0 Å². The highest BCUT2D eigenvalue weighted by Crippen LogP contribution is 2.49. The number of rotatable bonds is 2. The third kappa shape index (κ3) is 1.64. The molecule has 94 valence electrons. The van der Waals surface area contributed by atoms with Crippen LogP contribution in [0.15, 0.2) is 18.2 Å². The number of halogens is 1. The van der Waals surface area contributed by atoms with E-state index in [9.17, 15) is 4.39 Å². The number of aromatic nitrogens is 2. The predicted molar refractivity (Wildman–Crippen MR) is 68.7 cm³/mol. The number of fused-ring (bicyclic) bond motifs is 3. The van der Waals surface area contributed by atoms with Crippen LogP contribution in [0.25, 0.3) is 11.0 Å². The Morgan fingerprint density at radius 3 is 3.00 bits per heavy atom. The minimum absolute atomic E-state index is 0.197. The number of aromatic amines is 1. The van der Waals surface area contributed by atoms with Crippen LogP contribution in [-0.4, -0.2) is 9.97 Å². The summed E-state index contributed by atoms with van der Waals surface area (Å²) >= 11 is 0. The number of hydrogen-bond donors (Lipinski definition) is 1. The molecule has 0 amide bonds. The van der Waals surface area contributed by atoms with Gasteiger partial charge in [0.2, 0.25) is 0 Å². The van der Waals surface area contributed by atoms with E-state index in [-0.39, 0.29) is 5.82 Å². The zero-order valence-electron chi connectivity index (χ0n) is 10.3. The van der Waals surface area contributed by atoms with E-state index in [1.165, 1.54) is 37.8 Å². The van der Waals surface area contributed by atoms with Crippen molar-refractivity contribution in [1.82, 2.24) is 9.97 Å². The molecule has 2 aromatic rings. The SMILES string of the molecule is Fc1ccc2nc(CC3CC4CCC3C4)[nH]c2c1. The van der Waals surface area contributed by atoms with Crippen molar-refractivity contribution in [3.63, 3.8) is 0 Å². The first-order valence-corrected chi connectivity index (χ1v) is 6.92. The molecule has 3 unspecified atom stereocenters. The number of imidazole rings is 1. The highest BCUT2D eigenvalue weighted by atomic mass is 19.1. The lowest BCUT2D eigenvalue weighted by Gasteiger charge is -2.20. The van der Waals surface area contributed by atoms with Crippen LogP contribution in [0.1, 0.15) is 31.5 Å². The quantitative estimate of drug-likeness (QED) is 0.857. The molecule has 1 aromatic carbocycles. The molecule has 2 aliphatic rings. The lowest BCUT2D eigenvalue weighted by molar-refractivity contribution is 0.327. The van der Waals surface area contributed by atoms with Crippen molar-refractivity contribution in [2.24, 2.45) is 17.8 Å². The van der Waals surface area contributed by atoms with Gasteiger partial charge in [-0.15, -0.1) is 0 Å². The smallest absolute Gasteiger partial charge is 0.125 e. The Bertz CT molecular complexity index is 589. The zero-order chi connectivity index (χ0) is 12.1. The molecule has 18 heavy (non-hydrogen) atoms. The van der Waals surface area contributed by atoms with Gasteiger partial charge in [-0.1, -0.05) is 6.42 Å². The van der Waals surface area contributed by atoms with Crippen LogP contribution >= 0.6 is 0 Å². The summed E-state index contributed by atoms with van der Waals surface area (Å²) in [6.07, 6.45) is 6.68. The molecule has 2 fully saturated rings. The Labute approximate surface area is 106 Å². The second-order valence-corrected chi connectivity index (χ2v) is 5.98. The Hall–Kier alpha value is -1.38. The number of nitrogens with one attached hydrogen (secondary N) is 1. The molecular weight excluding hydrogens is 227 g/mol. The van der Waals surface area contributed by atoms with Crippen molar-refractivity contribution >= 4 is 11.0 Å². The molecule has 1 N–H and O–H groups in total. The summed E-state index contributed by atoms with van der Waals surface area (Å²) < 4.78 is 13.1. The van der Waals surface area contributed by atoms with Crippen LogP contribution < -0.4 is 0 Å². The van der Waals surface area contributed by atoms with E-state index < -0.39 is 0 Å². The van der Waals surface area contributed by atoms with Crippen molar-refractivity contribution in [3.8, 4) is 0 Å². The van der Waals surface area contributed by atoms with Gasteiger partial charge in [-0.2, -0.15) is 0 Å². The van der Waals surface area contributed by atoms with Crippen LogP contribution in [0.2, 0.25) is 0 Å². The van der Waals surface area contributed by atoms with E-state index in [0.29, 0.717) is 0 Å². The molecule has 2 saturated carbocycles. The van der Waals surface area contributed by atoms with Crippen molar-refractivity contribution in [2.45, 2.75) is 32.1 Å². The zero-order valence-corrected chi connectivity index (χ0v) is 10.3. The van der Waals surface area contributed by atoms with Crippen molar-refractivity contribution in [1.29, 1.82) is 0 Å². The Balaban J connectivity index is 1.59. The number of nitrogens with zero attached hydrogens (tertiary/aromatic N) is 1. The summed E-state index contributed by atoms with van der Waals surface area (Å²) in [5.74, 6) is 3.53. The van der Waals surface area contributed by atoms with Gasteiger partial charge in [0, 0.05) is 6.42 Å². The van der Waals surface area contributed by atoms with E-state index in [0.717, 1.165) is 41.0 Å². The lowest BCUT2D eigenvalue weighted by atomic mass is 9.86. The first kappa shape index (κ1) is 10.5. The molecule has 0 saturated heterocycles.